The van der Waals surface area contributed by atoms with E-state index in [1.54, 1.807) is 6.08 Å². The van der Waals surface area contributed by atoms with Crippen LogP contribution in [-0.4, -0.2) is 6.71 Å². The van der Waals surface area contributed by atoms with E-state index in [0.29, 0.717) is 5.76 Å². The van der Waals surface area contributed by atoms with E-state index in [-0.39, 0.29) is 6.71 Å². The summed E-state index contributed by atoms with van der Waals surface area (Å²) in [6, 6.07) is 36.0. The zero-order chi connectivity index (χ0) is 24.9. The van der Waals surface area contributed by atoms with E-state index < -0.39 is 0 Å². The minimum Gasteiger partial charge on any atom is -0.459 e. The Labute approximate surface area is 216 Å². The molecular formula is C34H23BO2. The van der Waals surface area contributed by atoms with Crippen molar-refractivity contribution >= 4 is 28.4 Å². The molecule has 5 aromatic carbocycles. The molecule has 37 heavy (non-hydrogen) atoms. The molecule has 2 aliphatic rings. The Morgan fingerprint density at radius 1 is 0.622 bits per heavy atom. The topological polar surface area (TPSA) is 18.5 Å². The average molecular weight is 474 g/mol. The fraction of sp³-hybridized carbons (Fsp3) is 0. The molecule has 0 bridgehead atoms. The lowest BCUT2D eigenvalue weighted by Crippen LogP contribution is -2.51. The van der Waals surface area contributed by atoms with Gasteiger partial charge in [0.15, 0.2) is 0 Å². The van der Waals surface area contributed by atoms with Crippen molar-refractivity contribution in [3.05, 3.63) is 140 Å². The number of hydrogen-bond acceptors (Lipinski definition) is 2. The molecule has 0 spiro atoms. The SMILES string of the molecule is C=C/C=C1/B2c3ccccc3Oc3cc(-c4ccc(-c5ccccc5)c5ccccc45)cc(c32)OC1=C. The molecule has 0 saturated carbocycles. The van der Waals surface area contributed by atoms with Crippen LogP contribution in [0.2, 0.25) is 0 Å². The second-order valence-electron chi connectivity index (χ2n) is 9.41. The maximum absolute atomic E-state index is 6.49. The summed E-state index contributed by atoms with van der Waals surface area (Å²) in [5, 5.41) is 2.40. The van der Waals surface area contributed by atoms with Gasteiger partial charge in [-0.25, -0.2) is 0 Å². The molecule has 5 aromatic rings. The van der Waals surface area contributed by atoms with Crippen molar-refractivity contribution in [1.29, 1.82) is 0 Å². The summed E-state index contributed by atoms with van der Waals surface area (Å²) in [5.74, 6) is 3.10. The van der Waals surface area contributed by atoms with E-state index >= 15 is 0 Å². The van der Waals surface area contributed by atoms with Crippen LogP contribution in [0, 0.1) is 0 Å². The van der Waals surface area contributed by atoms with Crippen molar-refractivity contribution in [2.24, 2.45) is 0 Å². The quantitative estimate of drug-likeness (QED) is 0.253. The van der Waals surface area contributed by atoms with Gasteiger partial charge in [-0.3, -0.25) is 0 Å². The highest BCUT2D eigenvalue weighted by Crippen LogP contribution is 2.42. The van der Waals surface area contributed by atoms with Gasteiger partial charge in [0.2, 0.25) is 0 Å². The average Bonchev–Trinajstić information content (AvgIpc) is 2.94. The smallest absolute Gasteiger partial charge is 0.260 e. The van der Waals surface area contributed by atoms with Gasteiger partial charge in [0.05, 0.1) is 0 Å². The Balaban J connectivity index is 1.46. The molecule has 0 aromatic heterocycles. The van der Waals surface area contributed by atoms with E-state index in [1.807, 2.05) is 30.3 Å². The second-order valence-corrected chi connectivity index (χ2v) is 9.41. The fourth-order valence-electron chi connectivity index (χ4n) is 5.71. The van der Waals surface area contributed by atoms with E-state index in [4.69, 9.17) is 9.47 Å². The zero-order valence-electron chi connectivity index (χ0n) is 20.3. The number of hydrogen-bond donors (Lipinski definition) is 0. The lowest BCUT2D eigenvalue weighted by molar-refractivity contribution is 0.433. The van der Waals surface area contributed by atoms with Gasteiger partial charge in [-0.2, -0.15) is 0 Å². The van der Waals surface area contributed by atoms with Gasteiger partial charge >= 0.3 is 0 Å². The van der Waals surface area contributed by atoms with Gasteiger partial charge in [-0.05, 0) is 62.2 Å². The van der Waals surface area contributed by atoms with Gasteiger partial charge in [-0.1, -0.05) is 110 Å². The van der Waals surface area contributed by atoms with E-state index in [9.17, 15) is 0 Å². The summed E-state index contributed by atoms with van der Waals surface area (Å²) >= 11 is 0. The molecule has 7 rings (SSSR count). The minimum absolute atomic E-state index is 0.0135. The van der Waals surface area contributed by atoms with Crippen molar-refractivity contribution in [1.82, 2.24) is 0 Å². The highest BCUT2D eigenvalue weighted by molar-refractivity contribution is 6.94. The molecular weight excluding hydrogens is 451 g/mol. The molecule has 2 nitrogen and oxygen atoms in total. The van der Waals surface area contributed by atoms with Crippen LogP contribution in [0.1, 0.15) is 0 Å². The third kappa shape index (κ3) is 3.36. The first-order chi connectivity index (χ1) is 18.2. The number of rotatable bonds is 3. The van der Waals surface area contributed by atoms with Crippen molar-refractivity contribution in [3.63, 3.8) is 0 Å². The molecule has 0 N–H and O–H groups in total. The summed E-state index contributed by atoms with van der Waals surface area (Å²) in [6.45, 7) is 8.16. The van der Waals surface area contributed by atoms with Crippen molar-refractivity contribution in [2.75, 3.05) is 0 Å². The number of para-hydroxylation sites is 1. The molecule has 0 amide bonds. The highest BCUT2D eigenvalue weighted by Gasteiger charge is 2.41. The Bertz CT molecular complexity index is 1760. The largest absolute Gasteiger partial charge is 0.459 e. The third-order valence-corrected chi connectivity index (χ3v) is 7.33. The summed E-state index contributed by atoms with van der Waals surface area (Å²) in [4.78, 5) is 0. The molecule has 0 fully saturated rings. The van der Waals surface area contributed by atoms with Crippen molar-refractivity contribution in [2.45, 2.75) is 0 Å². The van der Waals surface area contributed by atoms with Gasteiger partial charge < -0.3 is 9.47 Å². The Morgan fingerprint density at radius 3 is 1.97 bits per heavy atom. The molecule has 2 aliphatic heterocycles. The normalized spacial score (nSPS) is 14.5. The summed E-state index contributed by atoms with van der Waals surface area (Å²) in [7, 11) is 0. The third-order valence-electron chi connectivity index (χ3n) is 7.33. The first-order valence-electron chi connectivity index (χ1n) is 12.4. The van der Waals surface area contributed by atoms with Crippen LogP contribution >= 0.6 is 0 Å². The summed E-state index contributed by atoms with van der Waals surface area (Å²) in [6.07, 6.45) is 3.78. The lowest BCUT2D eigenvalue weighted by Gasteiger charge is -2.34. The predicted octanol–water partition coefficient (Wildman–Crippen LogP) is 7.45. The van der Waals surface area contributed by atoms with Crippen LogP contribution in [0.4, 0.5) is 0 Å². The second kappa shape index (κ2) is 8.42. The van der Waals surface area contributed by atoms with Gasteiger partial charge in [0.1, 0.15) is 23.0 Å². The molecule has 2 heterocycles. The minimum atomic E-state index is -0.0135. The van der Waals surface area contributed by atoms with Crippen LogP contribution in [-0.2, 0) is 0 Å². The molecule has 0 aliphatic carbocycles. The highest BCUT2D eigenvalue weighted by atomic mass is 16.5. The predicted molar refractivity (Wildman–Crippen MR) is 154 cm³/mol. The van der Waals surface area contributed by atoms with Gasteiger partial charge in [0, 0.05) is 5.46 Å². The van der Waals surface area contributed by atoms with Crippen LogP contribution < -0.4 is 20.4 Å². The maximum Gasteiger partial charge on any atom is 0.260 e. The first-order valence-corrected chi connectivity index (χ1v) is 12.4. The number of fused-ring (bicyclic) bond motifs is 3. The molecule has 0 radical (unpaired) electrons. The zero-order valence-corrected chi connectivity index (χ0v) is 20.3. The molecule has 3 heteroatoms. The van der Waals surface area contributed by atoms with Crippen LogP contribution in [0.5, 0.6) is 17.2 Å². The van der Waals surface area contributed by atoms with E-state index in [0.717, 1.165) is 44.8 Å². The van der Waals surface area contributed by atoms with E-state index in [2.05, 4.69) is 92.0 Å². The van der Waals surface area contributed by atoms with Crippen molar-refractivity contribution in [3.8, 4) is 39.5 Å². The molecule has 0 saturated heterocycles. The Hall–Kier alpha value is -4.76. The Kier molecular flexibility index (Phi) is 4.90. The van der Waals surface area contributed by atoms with Gasteiger partial charge in [-0.15, -0.1) is 0 Å². The summed E-state index contributed by atoms with van der Waals surface area (Å²) in [5.41, 5.74) is 7.75. The standard InChI is InChI=1S/C34H23BO2/c1-3-11-29-22(2)36-32-20-24(21-33-34(32)35(29)30-16-9-10-17-31(30)37-33)26-19-18-25(23-12-5-4-6-13-23)27-14-7-8-15-28(26)27/h3-21H,1-2H2/b29-11+. The van der Waals surface area contributed by atoms with Gasteiger partial charge in [0.25, 0.3) is 6.71 Å². The monoisotopic (exact) mass is 474 g/mol. The van der Waals surface area contributed by atoms with E-state index in [1.165, 1.54) is 21.9 Å². The molecule has 174 valence electrons. The summed E-state index contributed by atoms with van der Waals surface area (Å²) < 4.78 is 12.8. The molecule has 0 atom stereocenters. The maximum atomic E-state index is 6.49. The number of benzene rings is 5. The lowest BCUT2D eigenvalue weighted by atomic mass is 9.34. The van der Waals surface area contributed by atoms with Crippen LogP contribution in [0.3, 0.4) is 0 Å². The molecule has 0 unspecified atom stereocenters. The van der Waals surface area contributed by atoms with Crippen molar-refractivity contribution < 1.29 is 9.47 Å². The first kappa shape index (κ1) is 21.5. The Morgan fingerprint density at radius 2 is 1.24 bits per heavy atom. The fourth-order valence-corrected chi connectivity index (χ4v) is 5.71. The van der Waals surface area contributed by atoms with Crippen LogP contribution in [0.25, 0.3) is 33.0 Å². The number of ether oxygens (including phenoxy) is 2. The number of allylic oxidation sites excluding steroid dienone is 3. The van der Waals surface area contributed by atoms with Crippen LogP contribution in [0.15, 0.2) is 140 Å².